The number of nitrogens with zero attached hydrogens (tertiary/aromatic N) is 3. The van der Waals surface area contributed by atoms with Crippen LogP contribution in [0.1, 0.15) is 5.89 Å². The van der Waals surface area contributed by atoms with Gasteiger partial charge in [-0.05, 0) is 0 Å². The van der Waals surface area contributed by atoms with Crippen LogP contribution >= 0.6 is 11.8 Å². The van der Waals surface area contributed by atoms with Crippen LogP contribution in [0.15, 0.2) is 9.64 Å². The highest BCUT2D eigenvalue weighted by Gasteiger charge is 2.11. The lowest BCUT2D eigenvalue weighted by atomic mass is 10.4. The summed E-state index contributed by atoms with van der Waals surface area (Å²) >= 11 is 1.57. The maximum absolute atomic E-state index is 5.38. The second kappa shape index (κ2) is 6.19. The summed E-state index contributed by atoms with van der Waals surface area (Å²) in [5, 5.41) is 8.30. The van der Waals surface area contributed by atoms with Gasteiger partial charge in [0.15, 0.2) is 0 Å². The van der Waals surface area contributed by atoms with Crippen LogP contribution in [0.5, 0.6) is 0 Å². The zero-order chi connectivity index (χ0) is 11.2. The van der Waals surface area contributed by atoms with Crippen molar-refractivity contribution in [3.05, 3.63) is 5.89 Å². The van der Waals surface area contributed by atoms with Crippen molar-refractivity contribution in [1.29, 1.82) is 0 Å². The molecule has 6 nitrogen and oxygen atoms in total. The standard InChI is InChI=1S/C9H16N4O2S/c10-7-8-11-12-9(15-8)16-6-3-13-1-4-14-5-2-13/h1-7,10H2. The van der Waals surface area contributed by atoms with Crippen molar-refractivity contribution in [1.82, 2.24) is 15.1 Å². The maximum atomic E-state index is 5.38. The van der Waals surface area contributed by atoms with Gasteiger partial charge in [0.1, 0.15) is 0 Å². The van der Waals surface area contributed by atoms with Crippen molar-refractivity contribution >= 4 is 11.8 Å². The van der Waals surface area contributed by atoms with Gasteiger partial charge in [0.2, 0.25) is 5.89 Å². The fourth-order valence-corrected chi connectivity index (χ4v) is 2.24. The molecule has 0 aromatic carbocycles. The summed E-state index contributed by atoms with van der Waals surface area (Å²) in [4.78, 5) is 2.37. The predicted octanol–water partition coefficient (Wildman–Crippen LogP) is -0.0474. The number of ether oxygens (including phenoxy) is 1. The third kappa shape index (κ3) is 3.44. The summed E-state index contributed by atoms with van der Waals surface area (Å²) < 4.78 is 10.6. The van der Waals surface area contributed by atoms with E-state index in [0.717, 1.165) is 38.6 Å². The maximum Gasteiger partial charge on any atom is 0.276 e. The second-order valence-corrected chi connectivity index (χ2v) is 4.51. The van der Waals surface area contributed by atoms with Crippen LogP contribution in [0.4, 0.5) is 0 Å². The van der Waals surface area contributed by atoms with E-state index in [1.54, 1.807) is 11.8 Å². The van der Waals surface area contributed by atoms with E-state index in [1.165, 1.54) is 0 Å². The highest BCUT2D eigenvalue weighted by atomic mass is 32.2. The van der Waals surface area contributed by atoms with Crippen LogP contribution in [0, 0.1) is 0 Å². The first kappa shape index (κ1) is 11.8. The number of hydrogen-bond acceptors (Lipinski definition) is 7. The molecule has 16 heavy (non-hydrogen) atoms. The molecular formula is C9H16N4O2S. The number of aromatic nitrogens is 2. The van der Waals surface area contributed by atoms with Crippen molar-refractivity contribution < 1.29 is 9.15 Å². The summed E-state index contributed by atoms with van der Waals surface area (Å²) in [5.74, 6) is 1.44. The molecular weight excluding hydrogens is 228 g/mol. The molecule has 0 aliphatic carbocycles. The lowest BCUT2D eigenvalue weighted by molar-refractivity contribution is 0.0410. The van der Waals surface area contributed by atoms with E-state index in [0.29, 0.717) is 17.7 Å². The van der Waals surface area contributed by atoms with Crippen LogP contribution in [-0.4, -0.2) is 53.7 Å². The van der Waals surface area contributed by atoms with Crippen molar-refractivity contribution in [2.45, 2.75) is 11.8 Å². The fraction of sp³-hybridized carbons (Fsp3) is 0.778. The molecule has 0 bridgehead atoms. The number of hydrogen-bond donors (Lipinski definition) is 1. The fourth-order valence-electron chi connectivity index (χ4n) is 1.47. The predicted molar refractivity (Wildman–Crippen MR) is 60.2 cm³/mol. The number of thioether (sulfide) groups is 1. The Hall–Kier alpha value is -0.630. The van der Waals surface area contributed by atoms with Crippen LogP contribution in [-0.2, 0) is 11.3 Å². The molecule has 0 radical (unpaired) electrons. The van der Waals surface area contributed by atoms with Crippen molar-refractivity contribution in [2.24, 2.45) is 5.73 Å². The summed E-state index contributed by atoms with van der Waals surface area (Å²) in [7, 11) is 0. The minimum atomic E-state index is 0.303. The van der Waals surface area contributed by atoms with Gasteiger partial charge in [-0.2, -0.15) is 0 Å². The smallest absolute Gasteiger partial charge is 0.276 e. The van der Waals surface area contributed by atoms with Crippen molar-refractivity contribution in [2.75, 3.05) is 38.6 Å². The average molecular weight is 244 g/mol. The molecule has 0 unspecified atom stereocenters. The van der Waals surface area contributed by atoms with E-state index in [9.17, 15) is 0 Å². The van der Waals surface area contributed by atoms with Gasteiger partial charge in [-0.25, -0.2) is 0 Å². The Labute approximate surface area is 98.5 Å². The molecule has 0 amide bonds. The normalized spacial score (nSPS) is 17.8. The van der Waals surface area contributed by atoms with Gasteiger partial charge < -0.3 is 14.9 Å². The third-order valence-corrected chi connectivity index (χ3v) is 3.16. The van der Waals surface area contributed by atoms with Gasteiger partial charge in [0, 0.05) is 25.4 Å². The Morgan fingerprint density at radius 3 is 2.81 bits per heavy atom. The van der Waals surface area contributed by atoms with Crippen LogP contribution in [0.3, 0.4) is 0 Å². The monoisotopic (exact) mass is 244 g/mol. The first-order valence-corrected chi connectivity index (χ1v) is 6.32. The van der Waals surface area contributed by atoms with Gasteiger partial charge in [-0.1, -0.05) is 11.8 Å². The van der Waals surface area contributed by atoms with Gasteiger partial charge >= 0.3 is 0 Å². The first-order chi connectivity index (χ1) is 7.88. The molecule has 7 heteroatoms. The molecule has 2 rings (SSSR count). The van der Waals surface area contributed by atoms with Crippen LogP contribution in [0.2, 0.25) is 0 Å². The van der Waals surface area contributed by atoms with Crippen molar-refractivity contribution in [3.63, 3.8) is 0 Å². The van der Waals surface area contributed by atoms with Crippen molar-refractivity contribution in [3.8, 4) is 0 Å². The molecule has 2 heterocycles. The van der Waals surface area contributed by atoms with Crippen LogP contribution < -0.4 is 5.73 Å². The minimum absolute atomic E-state index is 0.303. The molecule has 1 fully saturated rings. The topological polar surface area (TPSA) is 77.4 Å². The number of morpholine rings is 1. The summed E-state index contributed by atoms with van der Waals surface area (Å²) in [6.07, 6.45) is 0. The van der Waals surface area contributed by atoms with E-state index >= 15 is 0 Å². The second-order valence-electron chi connectivity index (χ2n) is 3.47. The molecule has 1 aromatic rings. The van der Waals surface area contributed by atoms with E-state index in [1.807, 2.05) is 0 Å². The van der Waals surface area contributed by atoms with Gasteiger partial charge in [-0.3, -0.25) is 4.90 Å². The molecule has 1 saturated heterocycles. The molecule has 2 N–H and O–H groups in total. The number of nitrogens with two attached hydrogens (primary N) is 1. The third-order valence-electron chi connectivity index (χ3n) is 2.36. The Bertz CT molecular complexity index is 314. The summed E-state index contributed by atoms with van der Waals surface area (Å²) in [5.41, 5.74) is 5.38. The Morgan fingerprint density at radius 1 is 1.31 bits per heavy atom. The summed E-state index contributed by atoms with van der Waals surface area (Å²) in [6, 6.07) is 0. The molecule has 0 atom stereocenters. The van der Waals surface area contributed by atoms with Gasteiger partial charge in [-0.15, -0.1) is 10.2 Å². The molecule has 90 valence electrons. The average Bonchev–Trinajstić information content (AvgIpc) is 2.78. The van der Waals surface area contributed by atoms with E-state index < -0.39 is 0 Å². The molecule has 0 saturated carbocycles. The molecule has 1 aliphatic heterocycles. The van der Waals surface area contributed by atoms with Gasteiger partial charge in [0.25, 0.3) is 5.22 Å². The molecule has 1 aliphatic rings. The SMILES string of the molecule is NCc1nnc(SCCN2CCOCC2)o1. The lowest BCUT2D eigenvalue weighted by Crippen LogP contribution is -2.37. The first-order valence-electron chi connectivity index (χ1n) is 5.34. The van der Waals surface area contributed by atoms with E-state index in [4.69, 9.17) is 14.9 Å². The van der Waals surface area contributed by atoms with Crippen LogP contribution in [0.25, 0.3) is 0 Å². The zero-order valence-corrected chi connectivity index (χ0v) is 9.91. The van der Waals surface area contributed by atoms with E-state index in [-0.39, 0.29) is 0 Å². The lowest BCUT2D eigenvalue weighted by Gasteiger charge is -2.25. The Kier molecular flexibility index (Phi) is 4.58. The zero-order valence-electron chi connectivity index (χ0n) is 9.09. The molecule has 0 spiro atoms. The Morgan fingerprint density at radius 2 is 2.12 bits per heavy atom. The Balaban J connectivity index is 1.66. The largest absolute Gasteiger partial charge is 0.415 e. The summed E-state index contributed by atoms with van der Waals surface area (Å²) in [6.45, 7) is 5.02. The quantitative estimate of drug-likeness (QED) is 0.728. The minimum Gasteiger partial charge on any atom is -0.415 e. The van der Waals surface area contributed by atoms with E-state index in [2.05, 4.69) is 15.1 Å². The highest BCUT2D eigenvalue weighted by Crippen LogP contribution is 2.15. The highest BCUT2D eigenvalue weighted by molar-refractivity contribution is 7.99. The molecule has 1 aromatic heterocycles. The number of rotatable bonds is 5. The van der Waals surface area contributed by atoms with Gasteiger partial charge in [0.05, 0.1) is 19.8 Å².